The zero-order valence-electron chi connectivity index (χ0n) is 15.0. The Kier molecular flexibility index (Phi) is 5.79. The Hall–Kier alpha value is -2.74. The van der Waals surface area contributed by atoms with Crippen LogP contribution >= 0.6 is 11.3 Å². The standard InChI is InChI=1S/C20H16F4N2OS/c1-10-15(22)7-13(8-16(10)23)11(2)25-20(27)18-9-28-19(26-18)6-12-3-4-14(21)17(24)5-12/h3-5,7-9,11H,6H2,1-2H3,(H,25,27). The summed E-state index contributed by atoms with van der Waals surface area (Å²) in [4.78, 5) is 16.6. The minimum absolute atomic E-state index is 0.0800. The summed E-state index contributed by atoms with van der Waals surface area (Å²) < 4.78 is 53.7. The van der Waals surface area contributed by atoms with Gasteiger partial charge in [-0.05, 0) is 49.2 Å². The fourth-order valence-electron chi connectivity index (χ4n) is 2.59. The third-order valence-corrected chi connectivity index (χ3v) is 5.12. The predicted molar refractivity (Wildman–Crippen MR) is 98.3 cm³/mol. The quantitative estimate of drug-likeness (QED) is 0.598. The Morgan fingerprint density at radius 1 is 1.07 bits per heavy atom. The number of carbonyl (C=O) groups is 1. The average molecular weight is 408 g/mol. The number of hydrogen-bond acceptors (Lipinski definition) is 3. The number of hydrogen-bond donors (Lipinski definition) is 1. The lowest BCUT2D eigenvalue weighted by atomic mass is 10.1. The summed E-state index contributed by atoms with van der Waals surface area (Å²) in [5.41, 5.74) is 0.886. The highest BCUT2D eigenvalue weighted by atomic mass is 32.1. The summed E-state index contributed by atoms with van der Waals surface area (Å²) in [7, 11) is 0. The lowest BCUT2D eigenvalue weighted by Gasteiger charge is -2.14. The molecular weight excluding hydrogens is 392 g/mol. The predicted octanol–water partition coefficient (Wildman–Crippen LogP) is 5.09. The van der Waals surface area contributed by atoms with Crippen molar-refractivity contribution in [3.8, 4) is 0 Å². The van der Waals surface area contributed by atoms with Gasteiger partial charge in [-0.1, -0.05) is 6.07 Å². The third-order valence-electron chi connectivity index (χ3n) is 4.27. The van der Waals surface area contributed by atoms with Crippen molar-refractivity contribution in [3.05, 3.63) is 86.4 Å². The number of benzene rings is 2. The van der Waals surface area contributed by atoms with Gasteiger partial charge in [0.25, 0.3) is 5.91 Å². The second-order valence-electron chi connectivity index (χ2n) is 6.36. The van der Waals surface area contributed by atoms with Crippen LogP contribution in [0.4, 0.5) is 17.6 Å². The highest BCUT2D eigenvalue weighted by Crippen LogP contribution is 2.21. The van der Waals surface area contributed by atoms with Gasteiger partial charge in [-0.25, -0.2) is 22.5 Å². The number of carbonyl (C=O) groups excluding carboxylic acids is 1. The van der Waals surface area contributed by atoms with Crippen molar-refractivity contribution in [2.24, 2.45) is 0 Å². The van der Waals surface area contributed by atoms with Gasteiger partial charge in [0, 0.05) is 17.4 Å². The van der Waals surface area contributed by atoms with Crippen LogP contribution in [0, 0.1) is 30.2 Å². The van der Waals surface area contributed by atoms with Gasteiger partial charge < -0.3 is 5.32 Å². The van der Waals surface area contributed by atoms with Gasteiger partial charge in [-0.3, -0.25) is 4.79 Å². The van der Waals surface area contributed by atoms with Crippen LogP contribution in [0.15, 0.2) is 35.7 Å². The molecule has 1 amide bonds. The Balaban J connectivity index is 1.69. The average Bonchev–Trinajstić information content (AvgIpc) is 3.11. The van der Waals surface area contributed by atoms with Crippen LogP contribution in [0.2, 0.25) is 0 Å². The molecule has 3 aromatic rings. The number of thiazole rings is 1. The topological polar surface area (TPSA) is 42.0 Å². The minimum Gasteiger partial charge on any atom is -0.344 e. The highest BCUT2D eigenvalue weighted by molar-refractivity contribution is 7.09. The number of nitrogens with one attached hydrogen (secondary N) is 1. The Labute approximate surface area is 163 Å². The molecule has 0 aliphatic carbocycles. The van der Waals surface area contributed by atoms with Gasteiger partial charge in [-0.15, -0.1) is 11.3 Å². The highest BCUT2D eigenvalue weighted by Gasteiger charge is 2.17. The molecule has 0 saturated carbocycles. The molecule has 1 unspecified atom stereocenters. The van der Waals surface area contributed by atoms with Crippen molar-refractivity contribution in [2.45, 2.75) is 26.3 Å². The molecule has 146 valence electrons. The van der Waals surface area contributed by atoms with Crippen LogP contribution in [0.25, 0.3) is 0 Å². The first-order chi connectivity index (χ1) is 13.2. The van der Waals surface area contributed by atoms with E-state index in [-0.39, 0.29) is 17.7 Å². The molecule has 0 saturated heterocycles. The second-order valence-corrected chi connectivity index (χ2v) is 7.30. The van der Waals surface area contributed by atoms with Crippen LogP contribution in [0.5, 0.6) is 0 Å². The molecule has 0 spiro atoms. The number of amides is 1. The van der Waals surface area contributed by atoms with Crippen LogP contribution in [0.1, 0.15) is 45.2 Å². The van der Waals surface area contributed by atoms with E-state index in [1.54, 1.807) is 6.92 Å². The van der Waals surface area contributed by atoms with Gasteiger partial charge in [0.05, 0.1) is 11.0 Å². The van der Waals surface area contributed by atoms with Crippen LogP contribution in [0.3, 0.4) is 0 Å². The first kappa shape index (κ1) is 20.0. The molecule has 8 heteroatoms. The normalized spacial score (nSPS) is 12.1. The maximum atomic E-state index is 13.7. The molecule has 0 fully saturated rings. The zero-order chi connectivity index (χ0) is 20.4. The van der Waals surface area contributed by atoms with Gasteiger partial charge in [0.1, 0.15) is 17.3 Å². The molecule has 1 heterocycles. The molecule has 2 aromatic carbocycles. The summed E-state index contributed by atoms with van der Waals surface area (Å²) in [6, 6.07) is 5.29. The van der Waals surface area contributed by atoms with Crippen molar-refractivity contribution in [2.75, 3.05) is 0 Å². The number of aromatic nitrogens is 1. The SMILES string of the molecule is Cc1c(F)cc(C(C)NC(=O)c2csc(Cc3ccc(F)c(F)c3)n2)cc1F. The van der Waals surface area contributed by atoms with Crippen LogP contribution in [-0.2, 0) is 6.42 Å². The fraction of sp³-hybridized carbons (Fsp3) is 0.200. The Morgan fingerprint density at radius 2 is 1.75 bits per heavy atom. The number of halogens is 4. The van der Waals surface area contributed by atoms with E-state index in [4.69, 9.17) is 0 Å². The summed E-state index contributed by atoms with van der Waals surface area (Å²) in [5, 5.41) is 4.73. The monoisotopic (exact) mass is 408 g/mol. The van der Waals surface area contributed by atoms with Gasteiger partial charge in [0.15, 0.2) is 11.6 Å². The van der Waals surface area contributed by atoms with Crippen molar-refractivity contribution in [1.82, 2.24) is 10.3 Å². The van der Waals surface area contributed by atoms with Crippen molar-refractivity contribution in [3.63, 3.8) is 0 Å². The van der Waals surface area contributed by atoms with E-state index in [9.17, 15) is 22.4 Å². The van der Waals surface area contributed by atoms with Crippen LogP contribution in [-0.4, -0.2) is 10.9 Å². The van der Waals surface area contributed by atoms with Crippen LogP contribution < -0.4 is 5.32 Å². The molecular formula is C20H16F4N2OS. The molecule has 0 radical (unpaired) electrons. The van der Waals surface area contributed by atoms with E-state index in [0.717, 1.165) is 12.1 Å². The Bertz CT molecular complexity index is 1010. The first-order valence-corrected chi connectivity index (χ1v) is 9.27. The van der Waals surface area contributed by atoms with Crippen molar-refractivity contribution < 1.29 is 22.4 Å². The Morgan fingerprint density at radius 3 is 2.39 bits per heavy atom. The fourth-order valence-corrected chi connectivity index (χ4v) is 3.40. The van der Waals surface area contributed by atoms with E-state index in [2.05, 4.69) is 10.3 Å². The van der Waals surface area contributed by atoms with Gasteiger partial charge >= 0.3 is 0 Å². The molecule has 1 aromatic heterocycles. The van der Waals surface area contributed by atoms with Crippen molar-refractivity contribution >= 4 is 17.2 Å². The molecule has 0 bridgehead atoms. The molecule has 1 atom stereocenters. The lowest BCUT2D eigenvalue weighted by Crippen LogP contribution is -2.27. The largest absolute Gasteiger partial charge is 0.344 e. The van der Waals surface area contributed by atoms with Gasteiger partial charge in [0.2, 0.25) is 0 Å². The van der Waals surface area contributed by atoms with E-state index >= 15 is 0 Å². The molecule has 0 aliphatic rings. The second kappa shape index (κ2) is 8.10. The van der Waals surface area contributed by atoms with E-state index < -0.39 is 35.2 Å². The molecule has 1 N–H and O–H groups in total. The minimum atomic E-state index is -0.946. The summed E-state index contributed by atoms with van der Waals surface area (Å²) in [6.45, 7) is 2.94. The maximum absolute atomic E-state index is 13.7. The summed E-state index contributed by atoms with van der Waals surface area (Å²) in [5.74, 6) is -3.74. The summed E-state index contributed by atoms with van der Waals surface area (Å²) in [6.07, 6.45) is 0.249. The van der Waals surface area contributed by atoms with Crippen molar-refractivity contribution in [1.29, 1.82) is 0 Å². The first-order valence-electron chi connectivity index (χ1n) is 8.39. The zero-order valence-corrected chi connectivity index (χ0v) is 15.8. The number of nitrogens with zero attached hydrogens (tertiary/aromatic N) is 1. The lowest BCUT2D eigenvalue weighted by molar-refractivity contribution is 0.0935. The smallest absolute Gasteiger partial charge is 0.271 e. The van der Waals surface area contributed by atoms with E-state index in [1.165, 1.54) is 41.8 Å². The summed E-state index contributed by atoms with van der Waals surface area (Å²) >= 11 is 1.20. The molecule has 3 nitrogen and oxygen atoms in total. The van der Waals surface area contributed by atoms with E-state index in [0.29, 0.717) is 16.1 Å². The maximum Gasteiger partial charge on any atom is 0.271 e. The molecule has 3 rings (SSSR count). The third kappa shape index (κ3) is 4.39. The van der Waals surface area contributed by atoms with E-state index in [1.807, 2.05) is 0 Å². The van der Waals surface area contributed by atoms with Gasteiger partial charge in [-0.2, -0.15) is 0 Å². The molecule has 0 aliphatic heterocycles. The molecule has 28 heavy (non-hydrogen) atoms. The number of rotatable bonds is 5.